The Balaban J connectivity index is 2.43. The van der Waals surface area contributed by atoms with Gasteiger partial charge >= 0.3 is 0 Å². The standard InChI is InChI=1S/C15H23Br/c1-3-4-5-8-15(12-16)11-14-9-6-7-13(2)10-14/h6-7,9-10,15H,3-5,8,11-12H2,1-2H3. The molecule has 0 fully saturated rings. The number of unbranched alkanes of at least 4 members (excludes halogenated alkanes) is 2. The van der Waals surface area contributed by atoms with Crippen molar-refractivity contribution >= 4 is 15.9 Å². The van der Waals surface area contributed by atoms with Gasteiger partial charge in [-0.1, -0.05) is 71.9 Å². The molecular weight excluding hydrogens is 260 g/mol. The molecule has 0 amide bonds. The van der Waals surface area contributed by atoms with Gasteiger partial charge in [-0.05, 0) is 31.2 Å². The summed E-state index contributed by atoms with van der Waals surface area (Å²) < 4.78 is 0. The van der Waals surface area contributed by atoms with Gasteiger partial charge in [0.05, 0.1) is 0 Å². The first kappa shape index (κ1) is 13.8. The Morgan fingerprint density at radius 2 is 2.06 bits per heavy atom. The summed E-state index contributed by atoms with van der Waals surface area (Å²) in [7, 11) is 0. The van der Waals surface area contributed by atoms with Gasteiger partial charge in [-0.25, -0.2) is 0 Å². The van der Waals surface area contributed by atoms with Crippen molar-refractivity contribution in [1.29, 1.82) is 0 Å². The molecule has 1 aromatic rings. The maximum absolute atomic E-state index is 3.64. The Kier molecular flexibility index (Phi) is 6.79. The summed E-state index contributed by atoms with van der Waals surface area (Å²) >= 11 is 3.64. The van der Waals surface area contributed by atoms with Crippen LogP contribution in [0, 0.1) is 12.8 Å². The molecule has 0 aliphatic carbocycles. The van der Waals surface area contributed by atoms with E-state index in [4.69, 9.17) is 0 Å². The molecule has 1 rings (SSSR count). The van der Waals surface area contributed by atoms with Crippen LogP contribution >= 0.6 is 15.9 Å². The Morgan fingerprint density at radius 1 is 1.25 bits per heavy atom. The molecule has 0 nitrogen and oxygen atoms in total. The number of aryl methyl sites for hydroxylation is 1. The first-order valence-electron chi connectivity index (χ1n) is 6.37. The van der Waals surface area contributed by atoms with Crippen molar-refractivity contribution in [2.45, 2.75) is 46.0 Å². The maximum atomic E-state index is 3.64. The summed E-state index contributed by atoms with van der Waals surface area (Å²) in [5.74, 6) is 0.799. The van der Waals surface area contributed by atoms with E-state index in [0.717, 1.165) is 11.2 Å². The van der Waals surface area contributed by atoms with E-state index in [2.05, 4.69) is 54.0 Å². The minimum Gasteiger partial charge on any atom is -0.0925 e. The van der Waals surface area contributed by atoms with E-state index in [1.807, 2.05) is 0 Å². The van der Waals surface area contributed by atoms with E-state index in [-0.39, 0.29) is 0 Å². The maximum Gasteiger partial charge on any atom is 0.00628 e. The molecule has 90 valence electrons. The van der Waals surface area contributed by atoms with Gasteiger partial charge < -0.3 is 0 Å². The van der Waals surface area contributed by atoms with E-state index in [0.29, 0.717) is 0 Å². The molecule has 1 atom stereocenters. The Labute approximate surface area is 109 Å². The minimum atomic E-state index is 0.799. The second kappa shape index (κ2) is 7.89. The highest BCUT2D eigenvalue weighted by molar-refractivity contribution is 9.09. The second-order valence-corrected chi connectivity index (χ2v) is 5.36. The summed E-state index contributed by atoms with van der Waals surface area (Å²) in [6.45, 7) is 4.44. The van der Waals surface area contributed by atoms with Crippen LogP contribution in [0.25, 0.3) is 0 Å². The normalized spacial score (nSPS) is 12.7. The molecule has 0 spiro atoms. The van der Waals surface area contributed by atoms with E-state index in [1.165, 1.54) is 43.2 Å². The SMILES string of the molecule is CCCCCC(CBr)Cc1cccc(C)c1. The highest BCUT2D eigenvalue weighted by atomic mass is 79.9. The van der Waals surface area contributed by atoms with E-state index in [9.17, 15) is 0 Å². The molecule has 1 unspecified atom stereocenters. The lowest BCUT2D eigenvalue weighted by Gasteiger charge is -2.14. The lowest BCUT2D eigenvalue weighted by Crippen LogP contribution is -2.06. The lowest BCUT2D eigenvalue weighted by atomic mass is 9.95. The molecule has 1 aromatic carbocycles. The van der Waals surface area contributed by atoms with Gasteiger partial charge in [-0.2, -0.15) is 0 Å². The fourth-order valence-corrected chi connectivity index (χ4v) is 2.64. The van der Waals surface area contributed by atoms with Crippen LogP contribution in [0.1, 0.15) is 43.7 Å². The average Bonchev–Trinajstić information content (AvgIpc) is 2.28. The van der Waals surface area contributed by atoms with Gasteiger partial charge in [-0.15, -0.1) is 0 Å². The van der Waals surface area contributed by atoms with E-state index in [1.54, 1.807) is 0 Å². The zero-order valence-corrected chi connectivity index (χ0v) is 12.1. The van der Waals surface area contributed by atoms with Gasteiger partial charge in [0.2, 0.25) is 0 Å². The van der Waals surface area contributed by atoms with Crippen LogP contribution in [0.3, 0.4) is 0 Å². The van der Waals surface area contributed by atoms with Crippen molar-refractivity contribution in [2.75, 3.05) is 5.33 Å². The highest BCUT2D eigenvalue weighted by Gasteiger charge is 2.07. The van der Waals surface area contributed by atoms with Crippen LogP contribution < -0.4 is 0 Å². The Hall–Kier alpha value is -0.300. The summed E-state index contributed by atoms with van der Waals surface area (Å²) in [5.41, 5.74) is 2.86. The Bertz CT molecular complexity index is 293. The van der Waals surface area contributed by atoms with Crippen LogP contribution in [0.4, 0.5) is 0 Å². The van der Waals surface area contributed by atoms with Gasteiger partial charge in [0.15, 0.2) is 0 Å². The van der Waals surface area contributed by atoms with Crippen molar-refractivity contribution in [1.82, 2.24) is 0 Å². The molecule has 0 N–H and O–H groups in total. The number of alkyl halides is 1. The largest absolute Gasteiger partial charge is 0.0925 e. The van der Waals surface area contributed by atoms with Gasteiger partial charge in [0, 0.05) is 5.33 Å². The summed E-state index contributed by atoms with van der Waals surface area (Å²) in [5, 5.41) is 1.13. The predicted molar refractivity (Wildman–Crippen MR) is 76.3 cm³/mol. The third kappa shape index (κ3) is 5.16. The van der Waals surface area contributed by atoms with E-state index < -0.39 is 0 Å². The number of benzene rings is 1. The predicted octanol–water partition coefficient (Wildman–Crippen LogP) is 5.13. The summed E-state index contributed by atoms with van der Waals surface area (Å²) in [6.07, 6.45) is 6.64. The van der Waals surface area contributed by atoms with Crippen molar-refractivity contribution in [2.24, 2.45) is 5.92 Å². The van der Waals surface area contributed by atoms with Crippen LogP contribution in [-0.2, 0) is 6.42 Å². The van der Waals surface area contributed by atoms with Crippen LogP contribution in [0.15, 0.2) is 24.3 Å². The van der Waals surface area contributed by atoms with Crippen molar-refractivity contribution in [3.05, 3.63) is 35.4 Å². The molecule has 0 aromatic heterocycles. The third-order valence-electron chi connectivity index (χ3n) is 3.04. The third-order valence-corrected chi connectivity index (χ3v) is 3.96. The molecule has 16 heavy (non-hydrogen) atoms. The minimum absolute atomic E-state index is 0.799. The second-order valence-electron chi connectivity index (χ2n) is 4.71. The molecular formula is C15H23Br. The van der Waals surface area contributed by atoms with Gasteiger partial charge in [-0.3, -0.25) is 0 Å². The number of rotatable bonds is 7. The molecule has 0 aliphatic rings. The average molecular weight is 283 g/mol. The zero-order valence-electron chi connectivity index (χ0n) is 10.5. The molecule has 0 saturated heterocycles. The first-order chi connectivity index (χ1) is 7.76. The van der Waals surface area contributed by atoms with Gasteiger partial charge in [0.25, 0.3) is 0 Å². The molecule has 1 heteroatoms. The van der Waals surface area contributed by atoms with Gasteiger partial charge in [0.1, 0.15) is 0 Å². The summed E-state index contributed by atoms with van der Waals surface area (Å²) in [6, 6.07) is 8.91. The number of hydrogen-bond donors (Lipinski definition) is 0. The van der Waals surface area contributed by atoms with Crippen molar-refractivity contribution in [3.63, 3.8) is 0 Å². The van der Waals surface area contributed by atoms with Crippen LogP contribution in [0.2, 0.25) is 0 Å². The van der Waals surface area contributed by atoms with Crippen LogP contribution in [0.5, 0.6) is 0 Å². The van der Waals surface area contributed by atoms with E-state index >= 15 is 0 Å². The van der Waals surface area contributed by atoms with Crippen LogP contribution in [-0.4, -0.2) is 5.33 Å². The topological polar surface area (TPSA) is 0 Å². The molecule has 0 heterocycles. The monoisotopic (exact) mass is 282 g/mol. The fraction of sp³-hybridized carbons (Fsp3) is 0.600. The molecule has 0 aliphatic heterocycles. The zero-order chi connectivity index (χ0) is 11.8. The first-order valence-corrected chi connectivity index (χ1v) is 7.50. The Morgan fingerprint density at radius 3 is 2.69 bits per heavy atom. The fourth-order valence-electron chi connectivity index (χ4n) is 2.09. The van der Waals surface area contributed by atoms with Crippen molar-refractivity contribution < 1.29 is 0 Å². The molecule has 0 radical (unpaired) electrons. The number of hydrogen-bond acceptors (Lipinski definition) is 0. The lowest BCUT2D eigenvalue weighted by molar-refractivity contribution is 0.503. The number of halogens is 1. The molecule has 0 saturated carbocycles. The smallest absolute Gasteiger partial charge is 0.00628 e. The molecule has 0 bridgehead atoms. The summed E-state index contributed by atoms with van der Waals surface area (Å²) in [4.78, 5) is 0. The highest BCUT2D eigenvalue weighted by Crippen LogP contribution is 2.18. The quantitative estimate of drug-likeness (QED) is 0.481. The van der Waals surface area contributed by atoms with Crippen molar-refractivity contribution in [3.8, 4) is 0 Å².